The van der Waals surface area contributed by atoms with Crippen molar-refractivity contribution in [3.8, 4) is 5.69 Å². The van der Waals surface area contributed by atoms with Crippen LogP contribution in [0.5, 0.6) is 0 Å². The van der Waals surface area contributed by atoms with E-state index in [2.05, 4.69) is 5.10 Å². The predicted octanol–water partition coefficient (Wildman–Crippen LogP) is 3.32. The molecule has 0 unspecified atom stereocenters. The average molecular weight is 362 g/mol. The number of rotatable bonds is 3. The van der Waals surface area contributed by atoms with Crippen molar-refractivity contribution < 1.29 is 9.53 Å². The van der Waals surface area contributed by atoms with Gasteiger partial charge in [0.15, 0.2) is 0 Å². The van der Waals surface area contributed by atoms with Crippen molar-refractivity contribution in [1.29, 1.82) is 0 Å². The molecule has 0 saturated carbocycles. The Bertz CT molecular complexity index is 781. The van der Waals surface area contributed by atoms with Crippen molar-refractivity contribution in [3.05, 3.63) is 46.2 Å². The lowest BCUT2D eigenvalue weighted by Gasteiger charge is -2.38. The number of amides is 1. The largest absolute Gasteiger partial charge is 0.372 e. The highest BCUT2D eigenvalue weighted by molar-refractivity contribution is 6.30. The number of hydrogen-bond acceptors (Lipinski definition) is 3. The van der Waals surface area contributed by atoms with Crippen LogP contribution in [-0.2, 0) is 16.0 Å². The Morgan fingerprint density at radius 2 is 1.96 bits per heavy atom. The molecule has 134 valence electrons. The van der Waals surface area contributed by atoms with Gasteiger partial charge in [0.1, 0.15) is 0 Å². The molecule has 6 heteroatoms. The molecule has 0 radical (unpaired) electrons. The van der Waals surface area contributed by atoms with E-state index < -0.39 is 0 Å². The zero-order valence-electron chi connectivity index (χ0n) is 15.2. The summed E-state index contributed by atoms with van der Waals surface area (Å²) in [6.07, 6.45) is 0.362. The van der Waals surface area contributed by atoms with Gasteiger partial charge in [0.2, 0.25) is 5.91 Å². The van der Waals surface area contributed by atoms with Gasteiger partial charge in [-0.25, -0.2) is 4.68 Å². The van der Waals surface area contributed by atoms with Crippen LogP contribution >= 0.6 is 11.6 Å². The maximum absolute atomic E-state index is 12.8. The Hall–Kier alpha value is -1.85. The summed E-state index contributed by atoms with van der Waals surface area (Å²) in [5, 5.41) is 5.31. The van der Waals surface area contributed by atoms with Crippen LogP contribution in [0.1, 0.15) is 30.8 Å². The monoisotopic (exact) mass is 361 g/mol. The molecule has 2 heterocycles. The van der Waals surface area contributed by atoms with Crippen LogP contribution in [0.3, 0.4) is 0 Å². The van der Waals surface area contributed by atoms with Crippen molar-refractivity contribution >= 4 is 17.5 Å². The minimum Gasteiger partial charge on any atom is -0.372 e. The number of carbonyl (C=O) groups excluding carboxylic acids is 1. The molecule has 3 rings (SSSR count). The molecule has 0 aliphatic carbocycles. The third kappa shape index (κ3) is 3.88. The Labute approximate surface area is 153 Å². The second kappa shape index (κ2) is 6.81. The number of morpholine rings is 1. The molecule has 1 fully saturated rings. The molecule has 0 bridgehead atoms. The van der Waals surface area contributed by atoms with Gasteiger partial charge in [0.05, 0.1) is 30.0 Å². The fourth-order valence-electron chi connectivity index (χ4n) is 3.26. The molecule has 1 aliphatic heterocycles. The first-order valence-corrected chi connectivity index (χ1v) is 8.87. The molecular weight excluding hydrogens is 338 g/mol. The molecule has 1 aromatic carbocycles. The minimum atomic E-state index is -0.286. The Kier molecular flexibility index (Phi) is 4.89. The van der Waals surface area contributed by atoms with Crippen LogP contribution in [0.15, 0.2) is 24.3 Å². The highest BCUT2D eigenvalue weighted by Gasteiger charge is 2.30. The molecule has 1 aromatic heterocycles. The van der Waals surface area contributed by atoms with Crippen LogP contribution in [0.2, 0.25) is 5.02 Å². The second-order valence-corrected chi connectivity index (χ2v) is 7.57. The Morgan fingerprint density at radius 1 is 1.28 bits per heavy atom. The van der Waals surface area contributed by atoms with Gasteiger partial charge in [0, 0.05) is 29.4 Å². The number of halogens is 1. The molecule has 2 aromatic rings. The molecule has 0 N–H and O–H groups in total. The predicted molar refractivity (Wildman–Crippen MR) is 98.4 cm³/mol. The minimum absolute atomic E-state index is 0.123. The molecule has 5 nitrogen and oxygen atoms in total. The summed E-state index contributed by atoms with van der Waals surface area (Å²) in [5.74, 6) is 0.123. The highest BCUT2D eigenvalue weighted by Crippen LogP contribution is 2.22. The Morgan fingerprint density at radius 3 is 2.60 bits per heavy atom. The van der Waals surface area contributed by atoms with E-state index >= 15 is 0 Å². The van der Waals surface area contributed by atoms with E-state index in [9.17, 15) is 4.79 Å². The first-order valence-electron chi connectivity index (χ1n) is 8.49. The number of hydrogen-bond donors (Lipinski definition) is 0. The number of carbonyl (C=O) groups is 1. The van der Waals surface area contributed by atoms with Crippen molar-refractivity contribution in [1.82, 2.24) is 14.7 Å². The normalized spacial score (nSPS) is 16.9. The third-order valence-electron chi connectivity index (χ3n) is 4.62. The van der Waals surface area contributed by atoms with Gasteiger partial charge in [-0.15, -0.1) is 0 Å². The molecule has 0 spiro atoms. The van der Waals surface area contributed by atoms with Gasteiger partial charge in [-0.1, -0.05) is 11.6 Å². The third-order valence-corrected chi connectivity index (χ3v) is 4.87. The lowest BCUT2D eigenvalue weighted by atomic mass is 10.1. The van der Waals surface area contributed by atoms with Gasteiger partial charge >= 0.3 is 0 Å². The lowest BCUT2D eigenvalue weighted by molar-refractivity contribution is -0.145. The maximum Gasteiger partial charge on any atom is 0.227 e. The fraction of sp³-hybridized carbons (Fsp3) is 0.474. The number of aromatic nitrogens is 2. The van der Waals surface area contributed by atoms with Crippen LogP contribution in [0, 0.1) is 13.8 Å². The summed E-state index contributed by atoms with van der Waals surface area (Å²) in [5.41, 5.74) is 3.51. The molecule has 25 heavy (non-hydrogen) atoms. The van der Waals surface area contributed by atoms with Crippen molar-refractivity contribution in [3.63, 3.8) is 0 Å². The van der Waals surface area contributed by atoms with Crippen LogP contribution in [0.4, 0.5) is 0 Å². The van der Waals surface area contributed by atoms with Crippen LogP contribution in [-0.4, -0.2) is 45.9 Å². The van der Waals surface area contributed by atoms with Crippen molar-refractivity contribution in [2.45, 2.75) is 39.7 Å². The molecule has 1 saturated heterocycles. The van der Waals surface area contributed by atoms with Gasteiger partial charge in [0.25, 0.3) is 0 Å². The first kappa shape index (κ1) is 18.0. The Balaban J connectivity index is 1.81. The standard InChI is InChI=1S/C19H24ClN3O2/c1-13-17(11-18(24)22-9-10-25-19(3,4)12-22)14(2)23(21-13)16-7-5-15(20)6-8-16/h5-8H,9-12H2,1-4H3. The summed E-state index contributed by atoms with van der Waals surface area (Å²) in [4.78, 5) is 14.7. The number of aryl methyl sites for hydroxylation is 1. The molecule has 0 atom stereocenters. The summed E-state index contributed by atoms with van der Waals surface area (Å²) >= 11 is 5.96. The quantitative estimate of drug-likeness (QED) is 0.842. The highest BCUT2D eigenvalue weighted by atomic mass is 35.5. The van der Waals surface area contributed by atoms with E-state index in [4.69, 9.17) is 16.3 Å². The first-order chi connectivity index (χ1) is 11.8. The van der Waals surface area contributed by atoms with E-state index in [-0.39, 0.29) is 11.5 Å². The van der Waals surface area contributed by atoms with E-state index in [1.54, 1.807) is 0 Å². The summed E-state index contributed by atoms with van der Waals surface area (Å²) in [7, 11) is 0. The smallest absolute Gasteiger partial charge is 0.227 e. The van der Waals surface area contributed by atoms with Crippen LogP contribution < -0.4 is 0 Å². The fourth-order valence-corrected chi connectivity index (χ4v) is 3.38. The van der Waals surface area contributed by atoms with Gasteiger partial charge < -0.3 is 9.64 Å². The summed E-state index contributed by atoms with van der Waals surface area (Å²) < 4.78 is 7.57. The van der Waals surface area contributed by atoms with Gasteiger partial charge in [-0.3, -0.25) is 4.79 Å². The SMILES string of the molecule is Cc1nn(-c2ccc(Cl)cc2)c(C)c1CC(=O)N1CCOC(C)(C)C1. The van der Waals surface area contributed by atoms with E-state index in [0.29, 0.717) is 31.1 Å². The van der Waals surface area contributed by atoms with E-state index in [1.807, 2.05) is 61.5 Å². The number of nitrogens with zero attached hydrogens (tertiary/aromatic N) is 3. The molecule has 1 amide bonds. The molecule has 1 aliphatic rings. The maximum atomic E-state index is 12.8. The van der Waals surface area contributed by atoms with Crippen molar-refractivity contribution in [2.75, 3.05) is 19.7 Å². The topological polar surface area (TPSA) is 47.4 Å². The van der Waals surface area contributed by atoms with E-state index in [1.165, 1.54) is 0 Å². The van der Waals surface area contributed by atoms with Gasteiger partial charge in [-0.05, 0) is 52.0 Å². The number of ether oxygens (including phenoxy) is 1. The average Bonchev–Trinajstić information content (AvgIpc) is 2.83. The van der Waals surface area contributed by atoms with Crippen molar-refractivity contribution in [2.24, 2.45) is 0 Å². The summed E-state index contributed by atoms with van der Waals surface area (Å²) in [6, 6.07) is 7.54. The van der Waals surface area contributed by atoms with E-state index in [0.717, 1.165) is 22.6 Å². The van der Waals surface area contributed by atoms with Gasteiger partial charge in [-0.2, -0.15) is 5.10 Å². The zero-order valence-corrected chi connectivity index (χ0v) is 15.9. The lowest BCUT2D eigenvalue weighted by Crippen LogP contribution is -2.51. The summed E-state index contributed by atoms with van der Waals surface area (Å²) in [6.45, 7) is 9.83. The zero-order chi connectivity index (χ0) is 18.2. The second-order valence-electron chi connectivity index (χ2n) is 7.14. The molecular formula is C19H24ClN3O2. The number of benzene rings is 1. The van der Waals surface area contributed by atoms with Crippen LogP contribution in [0.25, 0.3) is 5.69 Å².